The lowest BCUT2D eigenvalue weighted by Gasteiger charge is -2.20. The normalized spacial score (nSPS) is 14.3. The fourth-order valence-corrected chi connectivity index (χ4v) is 0.735. The number of carboxylic acids is 1. The maximum atomic E-state index is 10.4. The molecule has 0 aliphatic rings. The van der Waals surface area contributed by atoms with Crippen LogP contribution in [0.2, 0.25) is 0 Å². The zero-order valence-corrected chi connectivity index (χ0v) is 7.29. The van der Waals surface area contributed by atoms with E-state index in [1.807, 2.05) is 6.92 Å². The van der Waals surface area contributed by atoms with Crippen LogP contribution in [0.5, 0.6) is 0 Å². The summed E-state index contributed by atoms with van der Waals surface area (Å²) in [5.74, 6) is -1.19. The van der Waals surface area contributed by atoms with Crippen molar-refractivity contribution in [1.29, 1.82) is 0 Å². The van der Waals surface area contributed by atoms with Gasteiger partial charge in [0, 0.05) is 6.04 Å². The topological polar surface area (TPSA) is 115 Å². The molecule has 12 heavy (non-hydrogen) atoms. The van der Waals surface area contributed by atoms with Gasteiger partial charge in [-0.1, -0.05) is 6.92 Å². The summed E-state index contributed by atoms with van der Waals surface area (Å²) in [7, 11) is 0. The Labute approximate surface area is 71.9 Å². The van der Waals surface area contributed by atoms with Gasteiger partial charge in [-0.15, -0.1) is 0 Å². The van der Waals surface area contributed by atoms with Gasteiger partial charge in [0.05, 0.1) is 0 Å². The molecule has 5 nitrogen and oxygen atoms in total. The van der Waals surface area contributed by atoms with E-state index in [1.54, 1.807) is 0 Å². The van der Waals surface area contributed by atoms with E-state index in [0.29, 0.717) is 6.42 Å². The summed E-state index contributed by atoms with van der Waals surface area (Å²) in [5, 5.41) is 8.54. The minimum absolute atomic E-state index is 0.0178. The first-order valence-corrected chi connectivity index (χ1v) is 3.97. The Balaban J connectivity index is 3.83. The van der Waals surface area contributed by atoms with E-state index in [-0.39, 0.29) is 12.5 Å². The van der Waals surface area contributed by atoms with Gasteiger partial charge >= 0.3 is 5.97 Å². The van der Waals surface area contributed by atoms with E-state index in [4.69, 9.17) is 22.3 Å². The standard InChI is InChI=1S/C7H17N3O2/c1-2-5(8)3-4-7(9,10)6(11)12/h5H,2-4,8-10H2,1H3,(H,11,12). The SMILES string of the molecule is CCC(N)CCC(N)(N)C(=O)O. The van der Waals surface area contributed by atoms with Gasteiger partial charge in [0.15, 0.2) is 5.66 Å². The van der Waals surface area contributed by atoms with Crippen molar-refractivity contribution in [3.63, 3.8) is 0 Å². The van der Waals surface area contributed by atoms with Gasteiger partial charge in [0.25, 0.3) is 0 Å². The van der Waals surface area contributed by atoms with Crippen LogP contribution in [0, 0.1) is 0 Å². The van der Waals surface area contributed by atoms with E-state index >= 15 is 0 Å². The lowest BCUT2D eigenvalue weighted by atomic mass is 10.0. The lowest BCUT2D eigenvalue weighted by molar-refractivity contribution is -0.143. The quantitative estimate of drug-likeness (QED) is 0.408. The van der Waals surface area contributed by atoms with Crippen molar-refractivity contribution in [2.75, 3.05) is 0 Å². The van der Waals surface area contributed by atoms with E-state index in [0.717, 1.165) is 6.42 Å². The molecule has 72 valence electrons. The van der Waals surface area contributed by atoms with Gasteiger partial charge in [-0.2, -0.15) is 0 Å². The Morgan fingerprint density at radius 1 is 1.58 bits per heavy atom. The number of carboxylic acid groups (broad SMARTS) is 1. The molecule has 0 aliphatic carbocycles. The Hall–Kier alpha value is -0.650. The van der Waals surface area contributed by atoms with Crippen LogP contribution in [-0.2, 0) is 4.79 Å². The van der Waals surface area contributed by atoms with Crippen LogP contribution in [-0.4, -0.2) is 22.8 Å². The van der Waals surface area contributed by atoms with Crippen LogP contribution < -0.4 is 17.2 Å². The zero-order chi connectivity index (χ0) is 9.78. The monoisotopic (exact) mass is 175 g/mol. The van der Waals surface area contributed by atoms with Crippen molar-refractivity contribution in [3.8, 4) is 0 Å². The molecule has 7 N–H and O–H groups in total. The molecule has 0 aliphatic heterocycles. The third-order valence-corrected chi connectivity index (χ3v) is 1.85. The number of hydrogen-bond donors (Lipinski definition) is 4. The average Bonchev–Trinajstić information content (AvgIpc) is 2.00. The van der Waals surface area contributed by atoms with Crippen molar-refractivity contribution in [2.45, 2.75) is 37.9 Å². The highest BCUT2D eigenvalue weighted by Crippen LogP contribution is 2.06. The summed E-state index contributed by atoms with van der Waals surface area (Å²) in [6.07, 6.45) is 1.54. The minimum Gasteiger partial charge on any atom is -0.479 e. The predicted octanol–water partition coefficient (Wildman–Crippen LogP) is -0.798. The molecule has 0 spiro atoms. The largest absolute Gasteiger partial charge is 0.479 e. The molecule has 0 radical (unpaired) electrons. The number of carbonyl (C=O) groups is 1. The fraction of sp³-hybridized carbons (Fsp3) is 0.857. The van der Waals surface area contributed by atoms with Gasteiger partial charge < -0.3 is 22.3 Å². The average molecular weight is 175 g/mol. The molecule has 0 fully saturated rings. The summed E-state index contributed by atoms with van der Waals surface area (Å²) < 4.78 is 0. The molecule has 0 aromatic heterocycles. The highest BCUT2D eigenvalue weighted by Gasteiger charge is 2.28. The molecule has 1 unspecified atom stereocenters. The molecular weight excluding hydrogens is 158 g/mol. The van der Waals surface area contributed by atoms with Crippen LogP contribution in [0.3, 0.4) is 0 Å². The summed E-state index contributed by atoms with van der Waals surface area (Å²) in [6, 6.07) is -0.0178. The van der Waals surface area contributed by atoms with Crippen LogP contribution in [0.1, 0.15) is 26.2 Å². The highest BCUT2D eigenvalue weighted by molar-refractivity contribution is 5.77. The lowest BCUT2D eigenvalue weighted by Crippen LogP contribution is -2.56. The number of hydrogen-bond acceptors (Lipinski definition) is 4. The maximum Gasteiger partial charge on any atom is 0.338 e. The maximum absolute atomic E-state index is 10.4. The Morgan fingerprint density at radius 3 is 2.42 bits per heavy atom. The molecule has 0 aromatic rings. The second kappa shape index (κ2) is 4.39. The summed E-state index contributed by atoms with van der Waals surface area (Å²) >= 11 is 0. The molecular formula is C7H17N3O2. The smallest absolute Gasteiger partial charge is 0.338 e. The first-order valence-electron chi connectivity index (χ1n) is 3.97. The van der Waals surface area contributed by atoms with Gasteiger partial charge in [-0.05, 0) is 19.3 Å². The van der Waals surface area contributed by atoms with Crippen molar-refractivity contribution in [2.24, 2.45) is 17.2 Å². The Morgan fingerprint density at radius 2 is 2.08 bits per heavy atom. The number of nitrogens with two attached hydrogens (primary N) is 3. The molecule has 0 amide bonds. The molecule has 0 heterocycles. The molecule has 1 atom stereocenters. The van der Waals surface area contributed by atoms with Crippen LogP contribution >= 0.6 is 0 Å². The molecule has 0 rings (SSSR count). The van der Waals surface area contributed by atoms with E-state index in [1.165, 1.54) is 0 Å². The predicted molar refractivity (Wildman–Crippen MR) is 46.2 cm³/mol. The molecule has 5 heteroatoms. The summed E-state index contributed by atoms with van der Waals surface area (Å²) in [5.41, 5.74) is 14.5. The van der Waals surface area contributed by atoms with Crippen molar-refractivity contribution in [3.05, 3.63) is 0 Å². The van der Waals surface area contributed by atoms with E-state index in [9.17, 15) is 4.79 Å². The second-order valence-corrected chi connectivity index (χ2v) is 3.05. The minimum atomic E-state index is -1.63. The highest BCUT2D eigenvalue weighted by atomic mass is 16.4. The van der Waals surface area contributed by atoms with Gasteiger partial charge in [-0.25, -0.2) is 4.79 Å². The van der Waals surface area contributed by atoms with Gasteiger partial charge in [0.1, 0.15) is 0 Å². The van der Waals surface area contributed by atoms with E-state index < -0.39 is 11.6 Å². The fourth-order valence-electron chi connectivity index (χ4n) is 0.735. The van der Waals surface area contributed by atoms with Crippen molar-refractivity contribution in [1.82, 2.24) is 0 Å². The summed E-state index contributed by atoms with van der Waals surface area (Å²) in [4.78, 5) is 10.4. The Kier molecular flexibility index (Phi) is 4.16. The van der Waals surface area contributed by atoms with Crippen LogP contribution in [0.4, 0.5) is 0 Å². The molecule has 0 saturated carbocycles. The van der Waals surface area contributed by atoms with Crippen LogP contribution in [0.15, 0.2) is 0 Å². The number of rotatable bonds is 5. The number of aliphatic carboxylic acids is 1. The van der Waals surface area contributed by atoms with Crippen molar-refractivity contribution < 1.29 is 9.90 Å². The van der Waals surface area contributed by atoms with Crippen molar-refractivity contribution >= 4 is 5.97 Å². The summed E-state index contributed by atoms with van der Waals surface area (Å²) in [6.45, 7) is 1.93. The molecule has 0 bridgehead atoms. The third-order valence-electron chi connectivity index (χ3n) is 1.85. The van der Waals surface area contributed by atoms with E-state index in [2.05, 4.69) is 0 Å². The zero-order valence-electron chi connectivity index (χ0n) is 7.29. The second-order valence-electron chi connectivity index (χ2n) is 3.05. The Bertz CT molecular complexity index is 159. The first-order chi connectivity index (χ1) is 5.40. The molecule has 0 saturated heterocycles. The third kappa shape index (κ3) is 3.66. The molecule has 0 aromatic carbocycles. The van der Waals surface area contributed by atoms with Gasteiger partial charge in [0.2, 0.25) is 0 Å². The van der Waals surface area contributed by atoms with Gasteiger partial charge in [-0.3, -0.25) is 0 Å². The first kappa shape index (κ1) is 11.4. The van der Waals surface area contributed by atoms with Crippen LogP contribution in [0.25, 0.3) is 0 Å².